The SMILES string of the molecule is CN1CCc2c(C3=CCCC=C3)cccc21. The average Bonchev–Trinajstić information content (AvgIpc) is 2.73. The average molecular weight is 211 g/mol. The van der Waals surface area contributed by atoms with Crippen molar-refractivity contribution < 1.29 is 0 Å². The van der Waals surface area contributed by atoms with Crippen molar-refractivity contribution in [2.75, 3.05) is 18.5 Å². The van der Waals surface area contributed by atoms with Crippen LogP contribution in [-0.2, 0) is 6.42 Å². The van der Waals surface area contributed by atoms with Crippen LogP contribution in [-0.4, -0.2) is 13.6 Å². The molecule has 82 valence electrons. The van der Waals surface area contributed by atoms with Gasteiger partial charge in [-0.25, -0.2) is 0 Å². The largest absolute Gasteiger partial charge is 0.374 e. The zero-order chi connectivity index (χ0) is 11.0. The predicted molar refractivity (Wildman–Crippen MR) is 69.8 cm³/mol. The molecule has 0 amide bonds. The van der Waals surface area contributed by atoms with Gasteiger partial charge in [-0.2, -0.15) is 0 Å². The fourth-order valence-electron chi connectivity index (χ4n) is 2.68. The Bertz CT molecular complexity index is 468. The second-order valence-corrected chi connectivity index (χ2v) is 4.61. The van der Waals surface area contributed by atoms with Crippen LogP contribution in [0.2, 0.25) is 0 Å². The van der Waals surface area contributed by atoms with E-state index in [9.17, 15) is 0 Å². The van der Waals surface area contributed by atoms with E-state index in [1.165, 1.54) is 41.6 Å². The Hall–Kier alpha value is -1.50. The molecule has 1 aliphatic carbocycles. The molecule has 0 aromatic heterocycles. The number of benzene rings is 1. The van der Waals surface area contributed by atoms with Crippen LogP contribution in [0.4, 0.5) is 5.69 Å². The number of allylic oxidation sites excluding steroid dienone is 4. The first kappa shape index (κ1) is 9.71. The molecule has 0 N–H and O–H groups in total. The summed E-state index contributed by atoms with van der Waals surface area (Å²) in [6.07, 6.45) is 10.5. The molecule has 1 aromatic rings. The summed E-state index contributed by atoms with van der Waals surface area (Å²) in [6, 6.07) is 6.68. The number of fused-ring (bicyclic) bond motifs is 1. The van der Waals surface area contributed by atoms with Crippen molar-refractivity contribution in [3.8, 4) is 0 Å². The number of rotatable bonds is 1. The van der Waals surface area contributed by atoms with Crippen LogP contribution in [0.15, 0.2) is 36.4 Å². The molecule has 0 bridgehead atoms. The maximum Gasteiger partial charge on any atom is 0.0403 e. The van der Waals surface area contributed by atoms with Gasteiger partial charge in [0.1, 0.15) is 0 Å². The molecule has 2 aliphatic rings. The third-order valence-electron chi connectivity index (χ3n) is 3.57. The monoisotopic (exact) mass is 211 g/mol. The van der Waals surface area contributed by atoms with Gasteiger partial charge in [0.25, 0.3) is 0 Å². The molecule has 0 atom stereocenters. The van der Waals surface area contributed by atoms with Gasteiger partial charge in [0, 0.05) is 19.3 Å². The fraction of sp³-hybridized carbons (Fsp3) is 0.333. The van der Waals surface area contributed by atoms with Crippen molar-refractivity contribution in [2.24, 2.45) is 0 Å². The number of hydrogen-bond donors (Lipinski definition) is 0. The van der Waals surface area contributed by atoms with Crippen molar-refractivity contribution in [1.29, 1.82) is 0 Å². The molecule has 3 rings (SSSR count). The second-order valence-electron chi connectivity index (χ2n) is 4.61. The van der Waals surface area contributed by atoms with Crippen LogP contribution in [0.3, 0.4) is 0 Å². The van der Waals surface area contributed by atoms with Crippen LogP contribution in [0.25, 0.3) is 5.57 Å². The van der Waals surface area contributed by atoms with Gasteiger partial charge in [-0.15, -0.1) is 0 Å². The topological polar surface area (TPSA) is 3.24 Å². The van der Waals surface area contributed by atoms with E-state index < -0.39 is 0 Å². The number of hydrogen-bond acceptors (Lipinski definition) is 1. The van der Waals surface area contributed by atoms with E-state index in [-0.39, 0.29) is 0 Å². The smallest absolute Gasteiger partial charge is 0.0403 e. The Balaban J connectivity index is 2.09. The van der Waals surface area contributed by atoms with Gasteiger partial charge in [0.2, 0.25) is 0 Å². The van der Waals surface area contributed by atoms with Crippen molar-refractivity contribution >= 4 is 11.3 Å². The molecule has 0 radical (unpaired) electrons. The van der Waals surface area contributed by atoms with E-state index in [1.54, 1.807) is 0 Å². The second kappa shape index (κ2) is 3.82. The number of likely N-dealkylation sites (N-methyl/N-ethyl adjacent to an activating group) is 1. The van der Waals surface area contributed by atoms with Crippen molar-refractivity contribution in [3.63, 3.8) is 0 Å². The first-order valence-corrected chi connectivity index (χ1v) is 6.06. The third kappa shape index (κ3) is 1.47. The maximum absolute atomic E-state index is 2.37. The van der Waals surface area contributed by atoms with Crippen molar-refractivity contribution in [3.05, 3.63) is 47.6 Å². The van der Waals surface area contributed by atoms with Crippen LogP contribution in [0.5, 0.6) is 0 Å². The molecular weight excluding hydrogens is 194 g/mol. The van der Waals surface area contributed by atoms with Gasteiger partial charge in [-0.3, -0.25) is 0 Å². The Morgan fingerprint density at radius 1 is 1.19 bits per heavy atom. The lowest BCUT2D eigenvalue weighted by atomic mass is 9.94. The molecule has 1 nitrogen and oxygen atoms in total. The van der Waals surface area contributed by atoms with E-state index >= 15 is 0 Å². The van der Waals surface area contributed by atoms with Gasteiger partial charge in [-0.05, 0) is 42.0 Å². The highest BCUT2D eigenvalue weighted by atomic mass is 15.1. The molecule has 1 aromatic carbocycles. The van der Waals surface area contributed by atoms with E-state index in [0.29, 0.717) is 0 Å². The van der Waals surface area contributed by atoms with Crippen LogP contribution in [0.1, 0.15) is 24.0 Å². The fourth-order valence-corrected chi connectivity index (χ4v) is 2.68. The molecular formula is C15H17N. The molecule has 0 saturated heterocycles. The van der Waals surface area contributed by atoms with Gasteiger partial charge >= 0.3 is 0 Å². The molecule has 1 heterocycles. The first-order valence-electron chi connectivity index (χ1n) is 6.06. The minimum atomic E-state index is 1.16. The predicted octanol–water partition coefficient (Wildman–Crippen LogP) is 3.41. The minimum absolute atomic E-state index is 1.16. The van der Waals surface area contributed by atoms with Crippen LogP contribution < -0.4 is 4.90 Å². The van der Waals surface area contributed by atoms with Crippen molar-refractivity contribution in [2.45, 2.75) is 19.3 Å². The Kier molecular flexibility index (Phi) is 2.32. The molecule has 0 fully saturated rings. The lowest BCUT2D eigenvalue weighted by Gasteiger charge is -2.14. The summed E-state index contributed by atoms with van der Waals surface area (Å²) in [5.74, 6) is 0. The lowest BCUT2D eigenvalue weighted by molar-refractivity contribution is 0.955. The lowest BCUT2D eigenvalue weighted by Crippen LogP contribution is -2.12. The van der Waals surface area contributed by atoms with E-state index in [1.807, 2.05) is 0 Å². The summed E-state index contributed by atoms with van der Waals surface area (Å²) >= 11 is 0. The summed E-state index contributed by atoms with van der Waals surface area (Å²) in [5, 5.41) is 0. The first-order chi connectivity index (χ1) is 7.86. The number of anilines is 1. The highest BCUT2D eigenvalue weighted by Gasteiger charge is 2.19. The van der Waals surface area contributed by atoms with Gasteiger partial charge in [0.15, 0.2) is 0 Å². The molecule has 0 spiro atoms. The standard InChI is InChI=1S/C15H17N/c1-16-11-10-14-13(8-5-9-15(14)16)12-6-3-2-4-7-12/h3,5-9H,2,4,10-11H2,1H3. The molecule has 1 aliphatic heterocycles. The highest BCUT2D eigenvalue weighted by molar-refractivity contribution is 5.81. The summed E-state index contributed by atoms with van der Waals surface area (Å²) in [4.78, 5) is 2.35. The number of nitrogens with zero attached hydrogens (tertiary/aromatic N) is 1. The van der Waals surface area contributed by atoms with Crippen molar-refractivity contribution in [1.82, 2.24) is 0 Å². The summed E-state index contributed by atoms with van der Waals surface area (Å²) < 4.78 is 0. The van der Waals surface area contributed by atoms with E-state index in [2.05, 4.69) is 48.4 Å². The van der Waals surface area contributed by atoms with E-state index in [0.717, 1.165) is 6.54 Å². The summed E-state index contributed by atoms with van der Waals surface area (Å²) in [6.45, 7) is 1.16. The molecule has 0 saturated carbocycles. The third-order valence-corrected chi connectivity index (χ3v) is 3.57. The maximum atomic E-state index is 2.37. The Morgan fingerprint density at radius 3 is 2.94 bits per heavy atom. The highest BCUT2D eigenvalue weighted by Crippen LogP contribution is 2.34. The van der Waals surface area contributed by atoms with Gasteiger partial charge in [0.05, 0.1) is 0 Å². The summed E-state index contributed by atoms with van der Waals surface area (Å²) in [7, 11) is 2.18. The molecule has 1 heteroatoms. The normalized spacial score (nSPS) is 18.6. The quantitative estimate of drug-likeness (QED) is 0.688. The minimum Gasteiger partial charge on any atom is -0.374 e. The summed E-state index contributed by atoms with van der Waals surface area (Å²) in [5.41, 5.74) is 5.80. The molecule has 0 unspecified atom stereocenters. The zero-order valence-corrected chi connectivity index (χ0v) is 9.74. The molecule has 16 heavy (non-hydrogen) atoms. The van der Waals surface area contributed by atoms with E-state index in [4.69, 9.17) is 0 Å². The zero-order valence-electron chi connectivity index (χ0n) is 9.74. The Labute approximate surface area is 97.1 Å². The van der Waals surface area contributed by atoms with Gasteiger partial charge in [-0.1, -0.05) is 30.4 Å². The van der Waals surface area contributed by atoms with Crippen LogP contribution >= 0.6 is 0 Å². The van der Waals surface area contributed by atoms with Crippen LogP contribution in [0, 0.1) is 0 Å². The van der Waals surface area contributed by atoms with Gasteiger partial charge < -0.3 is 4.90 Å². The Morgan fingerprint density at radius 2 is 2.12 bits per heavy atom.